The van der Waals surface area contributed by atoms with E-state index in [0.29, 0.717) is 6.10 Å². The van der Waals surface area contributed by atoms with Crippen molar-refractivity contribution in [2.75, 3.05) is 13.1 Å². The van der Waals surface area contributed by atoms with Gasteiger partial charge in [0.05, 0.1) is 6.10 Å². The number of hydrogen-bond acceptors (Lipinski definition) is 3. The first kappa shape index (κ1) is 14.9. The molecule has 1 saturated heterocycles. The quantitative estimate of drug-likeness (QED) is 0.640. The van der Waals surface area contributed by atoms with Gasteiger partial charge in [-0.2, -0.15) is 0 Å². The van der Waals surface area contributed by atoms with Crippen LogP contribution in [0.5, 0.6) is 0 Å². The van der Waals surface area contributed by atoms with Crippen molar-refractivity contribution in [2.24, 2.45) is 0 Å². The molecule has 0 aliphatic carbocycles. The van der Waals surface area contributed by atoms with Crippen LogP contribution in [0.3, 0.4) is 0 Å². The fourth-order valence-electron chi connectivity index (χ4n) is 2.48. The Bertz CT molecular complexity index is 193. The van der Waals surface area contributed by atoms with Gasteiger partial charge in [-0.15, -0.1) is 0 Å². The van der Waals surface area contributed by atoms with Crippen LogP contribution < -0.4 is 0 Å². The summed E-state index contributed by atoms with van der Waals surface area (Å²) >= 11 is 0. The molecule has 1 fully saturated rings. The van der Waals surface area contributed by atoms with Crippen molar-refractivity contribution in [1.29, 1.82) is 0 Å². The molecule has 0 bridgehead atoms. The molecule has 1 aliphatic heterocycles. The third kappa shape index (κ3) is 5.84. The highest BCUT2D eigenvalue weighted by Crippen LogP contribution is 2.15. The molecule has 3 unspecified atom stereocenters. The molecule has 1 rings (SSSR count). The summed E-state index contributed by atoms with van der Waals surface area (Å²) in [7, 11) is 0. The summed E-state index contributed by atoms with van der Waals surface area (Å²) in [5, 5.41) is 0. The highest BCUT2D eigenvalue weighted by Gasteiger charge is 2.19. The number of likely N-dealkylation sites (tertiary alicyclic amines) is 1. The third-order valence-electron chi connectivity index (χ3n) is 3.41. The first-order valence-corrected chi connectivity index (χ1v) is 7.18. The smallest absolute Gasteiger partial charge is 0.157 e. The van der Waals surface area contributed by atoms with Crippen LogP contribution in [0.4, 0.5) is 0 Å². The van der Waals surface area contributed by atoms with Crippen LogP contribution in [0.2, 0.25) is 0 Å². The molecule has 0 amide bonds. The summed E-state index contributed by atoms with van der Waals surface area (Å²) in [6, 6.07) is 0. The van der Waals surface area contributed by atoms with Gasteiger partial charge in [0.1, 0.15) is 6.23 Å². The van der Waals surface area contributed by atoms with Crippen LogP contribution in [0.1, 0.15) is 59.8 Å². The Hall–Kier alpha value is -0.120. The molecular formula is C14H29NO2. The van der Waals surface area contributed by atoms with Crippen LogP contribution >= 0.6 is 0 Å². The molecule has 1 heterocycles. The molecule has 0 aromatic heterocycles. The van der Waals surface area contributed by atoms with E-state index in [-0.39, 0.29) is 12.5 Å². The molecule has 102 valence electrons. The van der Waals surface area contributed by atoms with Crippen molar-refractivity contribution in [3.05, 3.63) is 0 Å². The first-order chi connectivity index (χ1) is 8.13. The monoisotopic (exact) mass is 243 g/mol. The lowest BCUT2D eigenvalue weighted by Crippen LogP contribution is -2.41. The zero-order chi connectivity index (χ0) is 12.7. The maximum atomic E-state index is 5.91. The molecule has 0 radical (unpaired) electrons. The zero-order valence-electron chi connectivity index (χ0n) is 11.9. The van der Waals surface area contributed by atoms with E-state index in [2.05, 4.69) is 25.7 Å². The normalized spacial score (nSPS) is 23.3. The topological polar surface area (TPSA) is 21.7 Å². The Morgan fingerprint density at radius 1 is 1.00 bits per heavy atom. The van der Waals surface area contributed by atoms with E-state index in [9.17, 15) is 0 Å². The minimum atomic E-state index is -0.103. The van der Waals surface area contributed by atoms with Crippen LogP contribution in [-0.2, 0) is 9.47 Å². The van der Waals surface area contributed by atoms with E-state index in [0.717, 1.165) is 12.8 Å². The van der Waals surface area contributed by atoms with Gasteiger partial charge in [-0.05, 0) is 40.0 Å². The maximum absolute atomic E-state index is 5.91. The molecule has 0 aromatic rings. The van der Waals surface area contributed by atoms with E-state index in [4.69, 9.17) is 9.47 Å². The number of hydrogen-bond donors (Lipinski definition) is 0. The van der Waals surface area contributed by atoms with Crippen LogP contribution in [-0.4, -0.2) is 36.6 Å². The van der Waals surface area contributed by atoms with E-state index in [1.54, 1.807) is 0 Å². The van der Waals surface area contributed by atoms with Gasteiger partial charge >= 0.3 is 0 Å². The minimum Gasteiger partial charge on any atom is -0.350 e. The van der Waals surface area contributed by atoms with Gasteiger partial charge < -0.3 is 9.47 Å². The Labute approximate surface area is 106 Å². The highest BCUT2D eigenvalue weighted by molar-refractivity contribution is 4.66. The Morgan fingerprint density at radius 3 is 2.24 bits per heavy atom. The van der Waals surface area contributed by atoms with Gasteiger partial charge in [-0.1, -0.05) is 19.8 Å². The number of ether oxygens (including phenoxy) is 2. The highest BCUT2D eigenvalue weighted by atomic mass is 16.7. The Balaban J connectivity index is 2.21. The van der Waals surface area contributed by atoms with Crippen molar-refractivity contribution in [3.63, 3.8) is 0 Å². The van der Waals surface area contributed by atoms with Gasteiger partial charge in [0.15, 0.2) is 6.29 Å². The van der Waals surface area contributed by atoms with Crippen LogP contribution in [0, 0.1) is 0 Å². The molecule has 3 nitrogen and oxygen atoms in total. The van der Waals surface area contributed by atoms with Crippen molar-refractivity contribution < 1.29 is 9.47 Å². The van der Waals surface area contributed by atoms with E-state index < -0.39 is 0 Å². The van der Waals surface area contributed by atoms with Gasteiger partial charge in [0, 0.05) is 13.1 Å². The summed E-state index contributed by atoms with van der Waals surface area (Å²) in [6.07, 6.45) is 6.60. The second-order valence-corrected chi connectivity index (χ2v) is 5.14. The Morgan fingerprint density at radius 2 is 1.65 bits per heavy atom. The molecule has 0 saturated carbocycles. The van der Waals surface area contributed by atoms with Gasteiger partial charge in [0.2, 0.25) is 0 Å². The summed E-state index contributed by atoms with van der Waals surface area (Å²) in [6.45, 7) is 10.8. The minimum absolute atomic E-state index is 0.103. The second-order valence-electron chi connectivity index (χ2n) is 5.14. The lowest BCUT2D eigenvalue weighted by atomic mass is 10.1. The summed E-state index contributed by atoms with van der Waals surface area (Å²) < 4.78 is 11.7. The molecule has 17 heavy (non-hydrogen) atoms. The fraction of sp³-hybridized carbons (Fsp3) is 1.00. The van der Waals surface area contributed by atoms with Crippen LogP contribution in [0.25, 0.3) is 0 Å². The van der Waals surface area contributed by atoms with Crippen molar-refractivity contribution in [3.8, 4) is 0 Å². The molecule has 0 N–H and O–H groups in total. The number of piperidine rings is 1. The van der Waals surface area contributed by atoms with Gasteiger partial charge in [-0.25, -0.2) is 0 Å². The van der Waals surface area contributed by atoms with Gasteiger partial charge in [-0.3, -0.25) is 4.90 Å². The molecule has 0 spiro atoms. The molecule has 0 aromatic carbocycles. The maximum Gasteiger partial charge on any atom is 0.157 e. The lowest BCUT2D eigenvalue weighted by molar-refractivity contribution is -0.211. The van der Waals surface area contributed by atoms with Crippen molar-refractivity contribution in [1.82, 2.24) is 4.90 Å². The Kier molecular flexibility index (Phi) is 7.09. The van der Waals surface area contributed by atoms with Crippen molar-refractivity contribution in [2.45, 2.75) is 78.4 Å². The largest absolute Gasteiger partial charge is 0.350 e. The summed E-state index contributed by atoms with van der Waals surface area (Å²) in [5.74, 6) is 0. The SMILES string of the molecule is CCCC(C)OC(C)OC(C)N1CCCCC1. The number of nitrogens with zero attached hydrogens (tertiary/aromatic N) is 1. The zero-order valence-corrected chi connectivity index (χ0v) is 11.9. The lowest BCUT2D eigenvalue weighted by Gasteiger charge is -2.34. The third-order valence-corrected chi connectivity index (χ3v) is 3.41. The fourth-order valence-corrected chi connectivity index (χ4v) is 2.48. The molecule has 3 heteroatoms. The van der Waals surface area contributed by atoms with E-state index >= 15 is 0 Å². The molecule has 1 aliphatic rings. The van der Waals surface area contributed by atoms with Crippen molar-refractivity contribution >= 4 is 0 Å². The van der Waals surface area contributed by atoms with Gasteiger partial charge in [0.25, 0.3) is 0 Å². The van der Waals surface area contributed by atoms with E-state index in [1.165, 1.54) is 32.4 Å². The predicted octanol–water partition coefficient (Wildman–Crippen LogP) is 3.39. The average Bonchev–Trinajstić information content (AvgIpc) is 2.30. The summed E-state index contributed by atoms with van der Waals surface area (Å²) in [4.78, 5) is 2.41. The number of rotatable bonds is 7. The molecule has 3 atom stereocenters. The predicted molar refractivity (Wildman–Crippen MR) is 70.9 cm³/mol. The first-order valence-electron chi connectivity index (χ1n) is 7.18. The second kappa shape index (κ2) is 8.06. The van der Waals surface area contributed by atoms with E-state index in [1.807, 2.05) is 6.92 Å². The summed E-state index contributed by atoms with van der Waals surface area (Å²) in [5.41, 5.74) is 0. The average molecular weight is 243 g/mol. The standard InChI is InChI=1S/C14H29NO2/c1-5-9-12(2)16-14(4)17-13(3)15-10-7-6-8-11-15/h12-14H,5-11H2,1-4H3. The van der Waals surface area contributed by atoms with Crippen LogP contribution in [0.15, 0.2) is 0 Å². The molecular weight excluding hydrogens is 214 g/mol.